The van der Waals surface area contributed by atoms with E-state index in [0.29, 0.717) is 25.2 Å². The molecule has 0 amide bonds. The van der Waals surface area contributed by atoms with E-state index in [0.717, 1.165) is 16.2 Å². The molecule has 7 heteroatoms. The molecule has 1 unspecified atom stereocenters. The summed E-state index contributed by atoms with van der Waals surface area (Å²) in [6.07, 6.45) is 0. The maximum absolute atomic E-state index is 13.8. The van der Waals surface area contributed by atoms with E-state index in [4.69, 9.17) is 5.11 Å². The molecule has 0 saturated carbocycles. The lowest BCUT2D eigenvalue weighted by Crippen LogP contribution is -3.10. The van der Waals surface area contributed by atoms with Crippen LogP contribution in [0, 0.1) is 23.3 Å². The second-order valence-electron chi connectivity index (χ2n) is 4.47. The van der Waals surface area contributed by atoms with Crippen molar-refractivity contribution >= 4 is 21.4 Å². The van der Waals surface area contributed by atoms with Gasteiger partial charge >= 0.3 is 0 Å². The van der Waals surface area contributed by atoms with Crippen molar-refractivity contribution in [2.24, 2.45) is 0 Å². The number of aliphatic hydroxyl groups is 1. The largest absolute Gasteiger partial charge is 0.391 e. The molecule has 2 rings (SSSR count). The molecular formula is C13H14F4NOS+. The van der Waals surface area contributed by atoms with E-state index in [9.17, 15) is 17.6 Å². The van der Waals surface area contributed by atoms with Crippen LogP contribution in [0.4, 0.5) is 17.6 Å². The first-order valence-corrected chi connectivity index (χ1v) is 7.05. The van der Waals surface area contributed by atoms with Gasteiger partial charge in [0.15, 0.2) is 23.3 Å². The number of quaternary nitrogens is 1. The lowest BCUT2D eigenvalue weighted by atomic mass is 10.1. The Balaban J connectivity index is 2.51. The van der Waals surface area contributed by atoms with Crippen LogP contribution in [0.15, 0.2) is 5.38 Å². The van der Waals surface area contributed by atoms with Gasteiger partial charge in [-0.15, -0.1) is 11.3 Å². The summed E-state index contributed by atoms with van der Waals surface area (Å²) in [6, 6.07) is 0. The number of hydrogen-bond donors (Lipinski definition) is 2. The molecular weight excluding hydrogens is 294 g/mol. The highest BCUT2D eigenvalue weighted by Gasteiger charge is 2.25. The third-order valence-corrected chi connectivity index (χ3v) is 4.29. The Morgan fingerprint density at radius 1 is 1.10 bits per heavy atom. The topological polar surface area (TPSA) is 24.7 Å². The first kappa shape index (κ1) is 15.2. The van der Waals surface area contributed by atoms with E-state index in [1.54, 1.807) is 0 Å². The summed E-state index contributed by atoms with van der Waals surface area (Å²) in [5.74, 6) is -6.27. The van der Waals surface area contributed by atoms with Gasteiger partial charge in [0.1, 0.15) is 13.1 Å². The van der Waals surface area contributed by atoms with Crippen LogP contribution in [0.5, 0.6) is 0 Å². The van der Waals surface area contributed by atoms with Gasteiger partial charge in [-0.2, -0.15) is 0 Å². The van der Waals surface area contributed by atoms with Crippen molar-refractivity contribution < 1.29 is 27.6 Å². The number of likely N-dealkylation sites (N-methyl/N-ethyl adjacent to an activating group) is 1. The van der Waals surface area contributed by atoms with Crippen molar-refractivity contribution in [2.45, 2.75) is 13.5 Å². The van der Waals surface area contributed by atoms with Gasteiger partial charge in [-0.3, -0.25) is 0 Å². The van der Waals surface area contributed by atoms with Crippen molar-refractivity contribution in [1.82, 2.24) is 0 Å². The smallest absolute Gasteiger partial charge is 0.198 e. The van der Waals surface area contributed by atoms with Gasteiger partial charge in [0.2, 0.25) is 0 Å². The number of thiophene rings is 1. The summed E-state index contributed by atoms with van der Waals surface area (Å²) in [5.41, 5.74) is 0.422. The number of fused-ring (bicyclic) bond motifs is 1. The zero-order chi connectivity index (χ0) is 14.9. The molecule has 0 aliphatic carbocycles. The summed E-state index contributed by atoms with van der Waals surface area (Å²) in [5, 5.41) is 10.2. The molecule has 0 bridgehead atoms. The number of benzene rings is 1. The Hall–Kier alpha value is -1.18. The molecule has 1 atom stereocenters. The molecule has 0 saturated heterocycles. The maximum atomic E-state index is 13.8. The molecule has 20 heavy (non-hydrogen) atoms. The molecule has 2 aromatic rings. The van der Waals surface area contributed by atoms with Gasteiger partial charge in [-0.25, -0.2) is 17.6 Å². The van der Waals surface area contributed by atoms with E-state index in [1.165, 1.54) is 5.38 Å². The molecule has 0 spiro atoms. The van der Waals surface area contributed by atoms with Crippen molar-refractivity contribution in [2.75, 3.05) is 19.7 Å². The predicted octanol–water partition coefficient (Wildman–Crippen LogP) is 1.85. The van der Waals surface area contributed by atoms with E-state index in [1.807, 2.05) is 6.92 Å². The van der Waals surface area contributed by atoms with Crippen molar-refractivity contribution in [1.29, 1.82) is 0 Å². The summed E-state index contributed by atoms with van der Waals surface area (Å²) in [4.78, 5) is 0.941. The minimum absolute atomic E-state index is 0.0366. The van der Waals surface area contributed by atoms with Crippen LogP contribution in [-0.4, -0.2) is 24.8 Å². The Labute approximate surface area is 117 Å². The summed E-state index contributed by atoms with van der Waals surface area (Å²) >= 11 is 0.851. The zero-order valence-electron chi connectivity index (χ0n) is 10.8. The molecule has 0 aliphatic heterocycles. The number of aliphatic hydroxyl groups excluding tert-OH is 1. The van der Waals surface area contributed by atoms with Gasteiger partial charge in [-0.1, -0.05) is 0 Å². The zero-order valence-corrected chi connectivity index (χ0v) is 11.6. The van der Waals surface area contributed by atoms with Crippen molar-refractivity contribution in [3.8, 4) is 0 Å². The molecule has 1 aromatic heterocycles. The molecule has 110 valence electrons. The summed E-state index contributed by atoms with van der Waals surface area (Å²) < 4.78 is 53.7. The molecule has 2 nitrogen and oxygen atoms in total. The molecule has 2 N–H and O–H groups in total. The average Bonchev–Trinajstić information content (AvgIpc) is 2.86. The van der Waals surface area contributed by atoms with Crippen molar-refractivity contribution in [3.05, 3.63) is 34.2 Å². The standard InChI is InChI=1S/C13H13F4NOS/c1-2-18(3-4-19)5-7-6-20-13-8(7)9(14)10(15)11(16)12(13)17/h6,19H,2-5H2,1H3/p+1. The third-order valence-electron chi connectivity index (χ3n) is 3.27. The van der Waals surface area contributed by atoms with E-state index < -0.39 is 23.3 Å². The molecule has 1 heterocycles. The van der Waals surface area contributed by atoms with Crippen LogP contribution in [-0.2, 0) is 6.54 Å². The van der Waals surface area contributed by atoms with Gasteiger partial charge in [0.05, 0.1) is 17.9 Å². The van der Waals surface area contributed by atoms with E-state index >= 15 is 0 Å². The normalized spacial score (nSPS) is 13.1. The highest BCUT2D eigenvalue weighted by molar-refractivity contribution is 7.17. The molecule has 0 radical (unpaired) electrons. The number of hydrogen-bond acceptors (Lipinski definition) is 2. The SMILES string of the molecule is CC[NH+](CCO)Cc1csc2c(F)c(F)c(F)c(F)c12. The van der Waals surface area contributed by atoms with Gasteiger partial charge in [-0.05, 0) is 6.92 Å². The van der Waals surface area contributed by atoms with E-state index in [2.05, 4.69) is 0 Å². The Morgan fingerprint density at radius 2 is 1.75 bits per heavy atom. The van der Waals surface area contributed by atoms with Crippen LogP contribution in [0.1, 0.15) is 12.5 Å². The molecule has 1 aromatic carbocycles. The first-order chi connectivity index (χ1) is 9.51. The van der Waals surface area contributed by atoms with Crippen LogP contribution in [0.25, 0.3) is 10.1 Å². The Morgan fingerprint density at radius 3 is 2.35 bits per heavy atom. The lowest BCUT2D eigenvalue weighted by molar-refractivity contribution is -0.912. The second-order valence-corrected chi connectivity index (χ2v) is 5.35. The monoisotopic (exact) mass is 308 g/mol. The van der Waals surface area contributed by atoms with Gasteiger partial charge in [0.25, 0.3) is 0 Å². The molecule has 0 fully saturated rings. The fourth-order valence-electron chi connectivity index (χ4n) is 2.15. The predicted molar refractivity (Wildman–Crippen MR) is 68.8 cm³/mol. The Bertz CT molecular complexity index is 629. The third kappa shape index (κ3) is 2.53. The van der Waals surface area contributed by atoms with E-state index in [-0.39, 0.29) is 16.7 Å². The Kier molecular flexibility index (Phi) is 4.62. The fourth-order valence-corrected chi connectivity index (χ4v) is 3.14. The highest BCUT2D eigenvalue weighted by atomic mass is 32.1. The van der Waals surface area contributed by atoms with Gasteiger partial charge in [0, 0.05) is 16.3 Å². The minimum atomic E-state index is -1.78. The number of rotatable bonds is 5. The highest BCUT2D eigenvalue weighted by Crippen LogP contribution is 2.33. The summed E-state index contributed by atoms with van der Waals surface area (Å²) in [7, 11) is 0. The number of halogens is 4. The average molecular weight is 308 g/mol. The fraction of sp³-hybridized carbons (Fsp3) is 0.385. The van der Waals surface area contributed by atoms with Crippen LogP contribution < -0.4 is 4.90 Å². The number of nitrogens with one attached hydrogen (secondary N) is 1. The van der Waals surface area contributed by atoms with Gasteiger partial charge < -0.3 is 10.0 Å². The van der Waals surface area contributed by atoms with Crippen LogP contribution in [0.2, 0.25) is 0 Å². The first-order valence-electron chi connectivity index (χ1n) is 6.17. The molecule has 0 aliphatic rings. The quantitative estimate of drug-likeness (QED) is 0.492. The lowest BCUT2D eigenvalue weighted by Gasteiger charge is -2.16. The summed E-state index contributed by atoms with van der Waals surface area (Å²) in [6.45, 7) is 3.29. The minimum Gasteiger partial charge on any atom is -0.391 e. The van der Waals surface area contributed by atoms with Crippen LogP contribution >= 0.6 is 11.3 Å². The maximum Gasteiger partial charge on any atom is 0.198 e. The van der Waals surface area contributed by atoms with Crippen molar-refractivity contribution in [3.63, 3.8) is 0 Å². The second kappa shape index (κ2) is 6.07. The van der Waals surface area contributed by atoms with Crippen LogP contribution in [0.3, 0.4) is 0 Å².